The fourth-order valence-corrected chi connectivity index (χ4v) is 0.708. The van der Waals surface area contributed by atoms with Crippen LogP contribution >= 0.6 is 0 Å². The number of ketones is 1. The highest BCUT2D eigenvalue weighted by atomic mass is 32.3. The topological polar surface area (TPSA) is 94.5 Å². The Bertz CT molecular complexity index is 345. The third kappa shape index (κ3) is 11.3. The number of nitrogens with zero attached hydrogens (tertiary/aromatic N) is 1. The largest absolute Gasteiger partial charge is 0.726 e. The van der Waals surface area contributed by atoms with E-state index in [1.165, 1.54) is 0 Å². The van der Waals surface area contributed by atoms with E-state index in [1.54, 1.807) is 6.92 Å². The van der Waals surface area contributed by atoms with Crippen LogP contribution in [0, 0.1) is 0 Å². The van der Waals surface area contributed by atoms with Crippen molar-refractivity contribution in [3.63, 3.8) is 0 Å². The number of likely N-dealkylation sites (N-methyl/N-ethyl adjacent to an activating group) is 1. The molecule has 0 aromatic heterocycles. The van der Waals surface area contributed by atoms with Gasteiger partial charge in [0.25, 0.3) is 0 Å². The quantitative estimate of drug-likeness (QED) is 0.336. The van der Waals surface area contributed by atoms with E-state index in [9.17, 15) is 4.79 Å². The Kier molecular flexibility index (Phi) is 6.71. The van der Waals surface area contributed by atoms with Crippen LogP contribution in [0.2, 0.25) is 0 Å². The molecule has 0 bridgehead atoms. The molecule has 0 aliphatic heterocycles. The first-order valence-electron chi connectivity index (χ1n) is 4.46. The minimum Gasteiger partial charge on any atom is -0.726 e. The van der Waals surface area contributed by atoms with E-state index < -0.39 is 10.4 Å². The Hall–Kier alpha value is -0.760. The van der Waals surface area contributed by atoms with Crippen LogP contribution in [-0.4, -0.2) is 55.0 Å². The van der Waals surface area contributed by atoms with Gasteiger partial charge in [-0.15, -0.1) is 0 Å². The molecule has 0 rings (SSSR count). The first kappa shape index (κ1) is 17.6. The monoisotopic (exact) mass is 253 g/mol. The molecule has 1 N–H and O–H groups in total. The molecular formula is C9H19NO5S. The van der Waals surface area contributed by atoms with E-state index in [4.69, 9.17) is 17.5 Å². The lowest BCUT2D eigenvalue weighted by Crippen LogP contribution is -2.48. The Morgan fingerprint density at radius 3 is 1.69 bits per heavy atom. The van der Waals surface area contributed by atoms with Gasteiger partial charge in [-0.25, -0.2) is 8.42 Å². The molecule has 0 amide bonds. The maximum atomic E-state index is 11.4. The summed E-state index contributed by atoms with van der Waals surface area (Å²) < 4.78 is 33.5. The number of rotatable bonds is 3. The van der Waals surface area contributed by atoms with Gasteiger partial charge in [0.1, 0.15) is 6.04 Å². The standard InChI is InChI=1S/C9H18NO.H2O4S/c1-7(2)9(11)8(3)10(4,5)6;1-5(2,3)4/h8H,1H2,2-6H3;(H2,1,2,3,4)/q+1;/p-1. The van der Waals surface area contributed by atoms with Gasteiger partial charge in [0.15, 0.2) is 0 Å². The molecule has 0 aliphatic carbocycles. The van der Waals surface area contributed by atoms with Crippen molar-refractivity contribution in [2.75, 3.05) is 21.1 Å². The molecule has 7 heteroatoms. The number of Topliss-reactive ketones (excluding diaryl/α,β-unsaturated/α-hetero) is 1. The zero-order chi connectivity index (χ0) is 13.7. The normalized spacial score (nSPS) is 13.4. The van der Waals surface area contributed by atoms with Crippen LogP contribution in [0.25, 0.3) is 0 Å². The van der Waals surface area contributed by atoms with Crippen molar-refractivity contribution in [1.82, 2.24) is 0 Å². The highest BCUT2D eigenvalue weighted by molar-refractivity contribution is 7.79. The summed E-state index contributed by atoms with van der Waals surface area (Å²) in [4.78, 5) is 11.4. The molecule has 0 spiro atoms. The minimum atomic E-state index is -4.92. The Labute approximate surface area is 96.7 Å². The summed E-state index contributed by atoms with van der Waals surface area (Å²) in [6, 6.07) is 0.00694. The molecule has 0 aromatic rings. The summed E-state index contributed by atoms with van der Waals surface area (Å²) in [5.41, 5.74) is 0.644. The number of carbonyl (C=O) groups is 1. The number of quaternary nitrogens is 1. The van der Waals surface area contributed by atoms with Crippen molar-refractivity contribution in [3.05, 3.63) is 12.2 Å². The van der Waals surface area contributed by atoms with Crippen LogP contribution in [0.5, 0.6) is 0 Å². The van der Waals surface area contributed by atoms with E-state index in [-0.39, 0.29) is 11.8 Å². The predicted octanol–water partition coefficient (Wildman–Crippen LogP) is 0.231. The number of carbonyl (C=O) groups excluding carboxylic acids is 1. The third-order valence-electron chi connectivity index (χ3n) is 1.96. The van der Waals surface area contributed by atoms with Gasteiger partial charge in [-0.05, 0) is 19.4 Å². The van der Waals surface area contributed by atoms with Gasteiger partial charge >= 0.3 is 0 Å². The fraction of sp³-hybridized carbons (Fsp3) is 0.667. The third-order valence-corrected chi connectivity index (χ3v) is 1.96. The highest BCUT2D eigenvalue weighted by Gasteiger charge is 2.26. The molecule has 1 atom stereocenters. The highest BCUT2D eigenvalue weighted by Crippen LogP contribution is 2.07. The van der Waals surface area contributed by atoms with Gasteiger partial charge in [0.05, 0.1) is 21.1 Å². The van der Waals surface area contributed by atoms with Gasteiger partial charge in [-0.3, -0.25) is 9.35 Å². The van der Waals surface area contributed by atoms with E-state index >= 15 is 0 Å². The second-order valence-corrected chi connectivity index (χ2v) is 5.22. The number of hydrogen-bond donors (Lipinski definition) is 1. The average Bonchev–Trinajstić information content (AvgIpc) is 1.96. The first-order valence-corrected chi connectivity index (χ1v) is 5.82. The summed E-state index contributed by atoms with van der Waals surface area (Å²) in [7, 11) is 1.10. The molecule has 6 nitrogen and oxygen atoms in total. The van der Waals surface area contributed by atoms with Crippen molar-refractivity contribution in [3.8, 4) is 0 Å². The van der Waals surface area contributed by atoms with Gasteiger partial charge in [-0.2, -0.15) is 0 Å². The van der Waals surface area contributed by atoms with E-state index in [0.717, 1.165) is 0 Å². The van der Waals surface area contributed by atoms with Crippen molar-refractivity contribution in [2.45, 2.75) is 19.9 Å². The molecule has 0 saturated carbocycles. The average molecular weight is 253 g/mol. The zero-order valence-corrected chi connectivity index (χ0v) is 11.0. The summed E-state index contributed by atoms with van der Waals surface area (Å²) in [6.45, 7) is 7.32. The molecule has 1 unspecified atom stereocenters. The van der Waals surface area contributed by atoms with Crippen molar-refractivity contribution in [1.29, 1.82) is 0 Å². The van der Waals surface area contributed by atoms with Crippen LogP contribution in [0.1, 0.15) is 13.8 Å². The minimum absolute atomic E-state index is 0.00694. The van der Waals surface area contributed by atoms with Gasteiger partial charge in [0, 0.05) is 0 Å². The van der Waals surface area contributed by atoms with Crippen LogP contribution in [-0.2, 0) is 15.2 Å². The van der Waals surface area contributed by atoms with Crippen molar-refractivity contribution >= 4 is 16.2 Å². The molecule has 96 valence electrons. The van der Waals surface area contributed by atoms with Crippen LogP contribution in [0.15, 0.2) is 12.2 Å². The van der Waals surface area contributed by atoms with Crippen LogP contribution in [0.4, 0.5) is 0 Å². The van der Waals surface area contributed by atoms with Crippen molar-refractivity contribution in [2.24, 2.45) is 0 Å². The van der Waals surface area contributed by atoms with E-state index in [1.807, 2.05) is 28.1 Å². The number of hydrogen-bond acceptors (Lipinski definition) is 4. The maximum absolute atomic E-state index is 11.4. The summed E-state index contributed by atoms with van der Waals surface area (Å²) in [5.74, 6) is 0.150. The molecule has 16 heavy (non-hydrogen) atoms. The Balaban J connectivity index is 0. The summed E-state index contributed by atoms with van der Waals surface area (Å²) in [6.07, 6.45) is 0. The van der Waals surface area contributed by atoms with Gasteiger partial charge < -0.3 is 9.04 Å². The molecule has 0 saturated heterocycles. The lowest BCUT2D eigenvalue weighted by atomic mass is 10.1. The van der Waals surface area contributed by atoms with E-state index in [0.29, 0.717) is 10.1 Å². The van der Waals surface area contributed by atoms with Gasteiger partial charge in [-0.1, -0.05) is 6.58 Å². The lowest BCUT2D eigenvalue weighted by molar-refractivity contribution is -0.884. The Morgan fingerprint density at radius 2 is 1.62 bits per heavy atom. The SMILES string of the molecule is C=C(C)C(=O)C(C)[N+](C)(C)C.O=S(=O)([O-])O. The zero-order valence-electron chi connectivity index (χ0n) is 10.2. The molecule has 0 heterocycles. The molecule has 0 fully saturated rings. The predicted molar refractivity (Wildman–Crippen MR) is 59.6 cm³/mol. The van der Waals surface area contributed by atoms with Gasteiger partial charge in [0.2, 0.25) is 16.2 Å². The second kappa shape index (κ2) is 6.09. The smallest absolute Gasteiger partial charge is 0.215 e. The first-order chi connectivity index (χ1) is 6.76. The molecule has 0 aliphatic rings. The van der Waals surface area contributed by atoms with Crippen LogP contribution in [0.3, 0.4) is 0 Å². The summed E-state index contributed by atoms with van der Waals surface area (Å²) in [5, 5.41) is 0. The molecule has 0 aromatic carbocycles. The maximum Gasteiger partial charge on any atom is 0.215 e. The van der Waals surface area contributed by atoms with Crippen LogP contribution < -0.4 is 0 Å². The summed E-state index contributed by atoms with van der Waals surface area (Å²) >= 11 is 0. The van der Waals surface area contributed by atoms with E-state index in [2.05, 4.69) is 6.58 Å². The lowest BCUT2D eigenvalue weighted by Gasteiger charge is -2.30. The fourth-order valence-electron chi connectivity index (χ4n) is 0.708. The second-order valence-electron chi connectivity index (χ2n) is 4.36. The van der Waals surface area contributed by atoms with Crippen molar-refractivity contribution < 1.29 is 26.8 Å². The molecular weight excluding hydrogens is 234 g/mol. The molecule has 0 radical (unpaired) electrons. The Morgan fingerprint density at radius 1 is 1.38 bits per heavy atom.